The summed E-state index contributed by atoms with van der Waals surface area (Å²) in [5.74, 6) is -0.590. The molecule has 2 aromatic carbocycles. The summed E-state index contributed by atoms with van der Waals surface area (Å²) in [5.41, 5.74) is 1.08. The second-order valence-corrected chi connectivity index (χ2v) is 11.6. The number of benzene rings is 2. The summed E-state index contributed by atoms with van der Waals surface area (Å²) >= 11 is 0. The van der Waals surface area contributed by atoms with Gasteiger partial charge >= 0.3 is 10.2 Å². The van der Waals surface area contributed by atoms with Crippen molar-refractivity contribution in [3.05, 3.63) is 47.9 Å². The Morgan fingerprint density at radius 2 is 2.00 bits per heavy atom. The lowest BCUT2D eigenvalue weighted by Gasteiger charge is -2.49. The average Bonchev–Trinajstić information content (AvgIpc) is 2.89. The van der Waals surface area contributed by atoms with E-state index in [-0.39, 0.29) is 29.6 Å². The first-order valence-electron chi connectivity index (χ1n) is 12.5. The Labute approximate surface area is 221 Å². The van der Waals surface area contributed by atoms with Gasteiger partial charge in [-0.1, -0.05) is 6.92 Å². The van der Waals surface area contributed by atoms with Crippen LogP contribution in [0.3, 0.4) is 0 Å². The first-order chi connectivity index (χ1) is 18.2. The van der Waals surface area contributed by atoms with Gasteiger partial charge in [-0.15, -0.1) is 0 Å². The Morgan fingerprint density at radius 1 is 1.24 bits per heavy atom. The number of nitrogens with one attached hydrogen (secondary N) is 2. The van der Waals surface area contributed by atoms with Crippen LogP contribution < -0.4 is 19.5 Å². The number of halogens is 1. The van der Waals surface area contributed by atoms with Crippen LogP contribution in [0.25, 0.3) is 11.0 Å². The summed E-state index contributed by atoms with van der Waals surface area (Å²) in [7, 11) is -2.54. The molecule has 3 aromatic rings. The lowest BCUT2D eigenvalue weighted by molar-refractivity contribution is -0.0367. The van der Waals surface area contributed by atoms with Crippen LogP contribution in [-0.4, -0.2) is 55.5 Å². The predicted octanol–water partition coefficient (Wildman–Crippen LogP) is 3.95. The molecule has 1 spiro atoms. The number of ether oxygens (including phenoxy) is 2. The highest BCUT2D eigenvalue weighted by Crippen LogP contribution is 2.49. The van der Waals surface area contributed by atoms with E-state index in [1.54, 1.807) is 31.3 Å². The maximum atomic E-state index is 14.8. The summed E-state index contributed by atoms with van der Waals surface area (Å²) in [6.45, 7) is 3.97. The van der Waals surface area contributed by atoms with Gasteiger partial charge in [0.2, 0.25) is 5.88 Å². The standard InChI is InChI=1S/C26H29FN6O4S/c1-3-33(2)38(34,35)32-21-7-5-20(27)25(19(21)15-28)37-17-4-6-22-23(12-17)31-24(16-30-22)36-18-13-26(14-18)8-10-29-11-9-26/h4-7,12,16,18,29,32H,3,8-11,13-14H2,1-2H3. The van der Waals surface area contributed by atoms with Gasteiger partial charge in [-0.2, -0.15) is 18.0 Å². The van der Waals surface area contributed by atoms with Gasteiger partial charge in [0, 0.05) is 19.7 Å². The number of hydrogen-bond donors (Lipinski definition) is 2. The Balaban J connectivity index is 1.36. The minimum atomic E-state index is -3.93. The molecule has 2 fully saturated rings. The molecule has 0 atom stereocenters. The molecule has 5 rings (SSSR count). The number of rotatable bonds is 8. The first-order valence-corrected chi connectivity index (χ1v) is 13.9. The number of aromatic nitrogens is 2. The molecule has 0 bridgehead atoms. The van der Waals surface area contributed by atoms with Crippen molar-refractivity contribution in [2.24, 2.45) is 5.41 Å². The average molecular weight is 541 g/mol. The Morgan fingerprint density at radius 3 is 2.71 bits per heavy atom. The number of fused-ring (bicyclic) bond motifs is 1. The highest BCUT2D eigenvalue weighted by molar-refractivity contribution is 7.90. The van der Waals surface area contributed by atoms with Crippen molar-refractivity contribution in [1.29, 1.82) is 5.26 Å². The summed E-state index contributed by atoms with van der Waals surface area (Å²) in [4.78, 5) is 8.97. The largest absolute Gasteiger partial charge is 0.473 e. The summed E-state index contributed by atoms with van der Waals surface area (Å²) in [6.07, 6.45) is 6.02. The summed E-state index contributed by atoms with van der Waals surface area (Å²) in [6, 6.07) is 8.90. The normalized spacial score (nSPS) is 17.2. The second kappa shape index (κ2) is 10.3. The predicted molar refractivity (Wildman–Crippen MR) is 140 cm³/mol. The van der Waals surface area contributed by atoms with Crippen molar-refractivity contribution in [3.8, 4) is 23.4 Å². The number of hydrogen-bond acceptors (Lipinski definition) is 8. The smallest absolute Gasteiger partial charge is 0.301 e. The van der Waals surface area contributed by atoms with E-state index in [9.17, 15) is 18.1 Å². The summed E-state index contributed by atoms with van der Waals surface area (Å²) < 4.78 is 54.9. The van der Waals surface area contributed by atoms with Gasteiger partial charge in [0.15, 0.2) is 11.6 Å². The zero-order chi connectivity index (χ0) is 26.9. The maximum Gasteiger partial charge on any atom is 0.301 e. The van der Waals surface area contributed by atoms with Gasteiger partial charge < -0.3 is 14.8 Å². The molecule has 1 saturated heterocycles. The summed E-state index contributed by atoms with van der Waals surface area (Å²) in [5, 5.41) is 13.1. The Kier molecular flexibility index (Phi) is 7.09. The monoisotopic (exact) mass is 540 g/mol. The van der Waals surface area contributed by atoms with Crippen LogP contribution in [-0.2, 0) is 10.2 Å². The van der Waals surface area contributed by atoms with Gasteiger partial charge in [-0.05, 0) is 68.5 Å². The van der Waals surface area contributed by atoms with Crippen LogP contribution >= 0.6 is 0 Å². The molecule has 0 unspecified atom stereocenters. The number of nitriles is 1. The minimum absolute atomic E-state index is 0.0903. The fourth-order valence-corrected chi connectivity index (χ4v) is 5.92. The Bertz CT molecular complexity index is 1500. The molecule has 1 aliphatic carbocycles. The van der Waals surface area contributed by atoms with Crippen LogP contribution in [0.4, 0.5) is 10.1 Å². The van der Waals surface area contributed by atoms with Crippen molar-refractivity contribution >= 4 is 26.9 Å². The van der Waals surface area contributed by atoms with E-state index in [1.165, 1.54) is 13.1 Å². The van der Waals surface area contributed by atoms with Gasteiger partial charge in [-0.3, -0.25) is 4.72 Å². The van der Waals surface area contributed by atoms with Crippen LogP contribution in [0.5, 0.6) is 17.4 Å². The minimum Gasteiger partial charge on any atom is -0.473 e. The zero-order valence-corrected chi connectivity index (χ0v) is 22.0. The van der Waals surface area contributed by atoms with Crippen molar-refractivity contribution < 1.29 is 22.3 Å². The molecule has 2 N–H and O–H groups in total. The fraction of sp³-hybridized carbons (Fsp3) is 0.423. The van der Waals surface area contributed by atoms with E-state index < -0.39 is 21.8 Å². The third-order valence-electron chi connectivity index (χ3n) is 7.30. The highest BCUT2D eigenvalue weighted by Gasteiger charge is 2.46. The van der Waals surface area contributed by atoms with Crippen LogP contribution in [0.15, 0.2) is 36.5 Å². The topological polar surface area (TPSA) is 129 Å². The maximum absolute atomic E-state index is 14.8. The quantitative estimate of drug-likeness (QED) is 0.439. The number of piperidine rings is 1. The van der Waals surface area contributed by atoms with E-state index in [0.29, 0.717) is 22.3 Å². The van der Waals surface area contributed by atoms with Gasteiger partial charge in [0.25, 0.3) is 0 Å². The third kappa shape index (κ3) is 5.22. The Hall–Kier alpha value is -3.53. The zero-order valence-electron chi connectivity index (χ0n) is 21.2. The van der Waals surface area contributed by atoms with Crippen LogP contribution in [0, 0.1) is 22.6 Å². The SMILES string of the molecule is CCN(C)S(=O)(=O)Nc1ccc(F)c(Oc2ccc3ncc(OC4CC5(CCNCC5)C4)nc3c2)c1C#N. The fourth-order valence-electron chi connectivity index (χ4n) is 4.98. The van der Waals surface area contributed by atoms with Crippen molar-refractivity contribution in [2.75, 3.05) is 31.4 Å². The molecule has 12 heteroatoms. The molecule has 10 nitrogen and oxygen atoms in total. The third-order valence-corrected chi connectivity index (χ3v) is 8.86. The number of nitrogens with zero attached hydrogens (tertiary/aromatic N) is 4. The van der Waals surface area contributed by atoms with E-state index in [4.69, 9.17) is 9.47 Å². The molecular formula is C26H29FN6O4S. The van der Waals surface area contributed by atoms with Gasteiger partial charge in [0.05, 0.1) is 22.9 Å². The molecule has 1 saturated carbocycles. The lowest BCUT2D eigenvalue weighted by Crippen LogP contribution is -2.49. The van der Waals surface area contributed by atoms with Crippen molar-refractivity contribution in [1.82, 2.24) is 19.6 Å². The molecule has 38 heavy (non-hydrogen) atoms. The molecular weight excluding hydrogens is 511 g/mol. The van der Waals surface area contributed by atoms with Crippen LogP contribution in [0.1, 0.15) is 38.2 Å². The lowest BCUT2D eigenvalue weighted by atomic mass is 9.62. The van der Waals surface area contributed by atoms with Crippen molar-refractivity contribution in [3.63, 3.8) is 0 Å². The molecule has 1 aliphatic heterocycles. The van der Waals surface area contributed by atoms with E-state index in [1.807, 2.05) is 6.07 Å². The van der Waals surface area contributed by atoms with Gasteiger partial charge in [0.1, 0.15) is 23.5 Å². The molecule has 2 heterocycles. The first kappa shape index (κ1) is 26.1. The molecule has 0 radical (unpaired) electrons. The number of anilines is 1. The molecule has 2 aliphatic rings. The van der Waals surface area contributed by atoms with E-state index in [2.05, 4.69) is 20.0 Å². The molecule has 0 amide bonds. The second-order valence-electron chi connectivity index (χ2n) is 9.79. The van der Waals surface area contributed by atoms with E-state index >= 15 is 0 Å². The van der Waals surface area contributed by atoms with Crippen molar-refractivity contribution in [2.45, 2.75) is 38.7 Å². The molecule has 1 aromatic heterocycles. The highest BCUT2D eigenvalue weighted by atomic mass is 32.2. The van der Waals surface area contributed by atoms with Crippen LogP contribution in [0.2, 0.25) is 0 Å². The van der Waals surface area contributed by atoms with E-state index in [0.717, 1.165) is 49.1 Å². The molecule has 200 valence electrons. The van der Waals surface area contributed by atoms with Gasteiger partial charge in [-0.25, -0.2) is 14.4 Å².